The van der Waals surface area contributed by atoms with Crippen LogP contribution in [0, 0.1) is 5.41 Å². The van der Waals surface area contributed by atoms with Crippen molar-refractivity contribution in [1.29, 1.82) is 0 Å². The standard InChI is InChI=1S/C24H24N4O3/c1-24(2)12-19(26-23(29)18-11-22(31-27-18)21-9-6-10-30-21)17-14-25-28(20(17)13-24)15-16-7-4-3-5-8-16/h3-11,14,19H,12-13,15H2,1-2H3,(H,26,29). The first-order chi connectivity index (χ1) is 15.0. The Kier molecular flexibility index (Phi) is 4.73. The molecule has 158 valence electrons. The third-order valence-electron chi connectivity index (χ3n) is 5.75. The number of carbonyl (C=O) groups excluding carboxylic acids is 1. The second-order valence-corrected chi connectivity index (χ2v) is 8.81. The van der Waals surface area contributed by atoms with Crippen molar-refractivity contribution in [2.75, 3.05) is 0 Å². The predicted molar refractivity (Wildman–Crippen MR) is 114 cm³/mol. The monoisotopic (exact) mass is 416 g/mol. The molecule has 0 spiro atoms. The zero-order chi connectivity index (χ0) is 21.4. The number of nitrogens with one attached hydrogen (secondary N) is 1. The molecule has 1 unspecified atom stereocenters. The van der Waals surface area contributed by atoms with Crippen molar-refractivity contribution in [2.24, 2.45) is 5.41 Å². The van der Waals surface area contributed by atoms with Gasteiger partial charge in [-0.2, -0.15) is 5.10 Å². The SMILES string of the molecule is CC1(C)Cc2c(cnn2Cc2ccccc2)C(NC(=O)c2cc(-c3ccco3)on2)C1. The molecule has 1 aliphatic rings. The van der Waals surface area contributed by atoms with Crippen LogP contribution in [-0.2, 0) is 13.0 Å². The van der Waals surface area contributed by atoms with Gasteiger partial charge in [-0.05, 0) is 36.0 Å². The van der Waals surface area contributed by atoms with Crippen LogP contribution in [0.15, 0.2) is 69.9 Å². The van der Waals surface area contributed by atoms with Gasteiger partial charge in [-0.15, -0.1) is 0 Å². The predicted octanol–water partition coefficient (Wildman–Crippen LogP) is 4.62. The van der Waals surface area contributed by atoms with Crippen molar-refractivity contribution in [3.8, 4) is 11.5 Å². The lowest BCUT2D eigenvalue weighted by atomic mass is 9.74. The van der Waals surface area contributed by atoms with E-state index in [4.69, 9.17) is 8.94 Å². The van der Waals surface area contributed by atoms with E-state index < -0.39 is 0 Å². The molecule has 3 aromatic heterocycles. The van der Waals surface area contributed by atoms with E-state index in [2.05, 4.69) is 46.2 Å². The molecule has 1 atom stereocenters. The summed E-state index contributed by atoms with van der Waals surface area (Å²) >= 11 is 0. The third-order valence-corrected chi connectivity index (χ3v) is 5.75. The van der Waals surface area contributed by atoms with Crippen LogP contribution in [-0.4, -0.2) is 20.8 Å². The maximum atomic E-state index is 12.9. The van der Waals surface area contributed by atoms with Gasteiger partial charge in [-0.25, -0.2) is 0 Å². The third kappa shape index (κ3) is 3.91. The van der Waals surface area contributed by atoms with E-state index in [9.17, 15) is 4.79 Å². The first kappa shape index (κ1) is 19.4. The molecule has 7 heteroatoms. The molecule has 4 aromatic rings. The molecule has 0 saturated carbocycles. The molecule has 1 aliphatic carbocycles. The molecule has 5 rings (SSSR count). The highest BCUT2D eigenvalue weighted by Crippen LogP contribution is 2.41. The van der Waals surface area contributed by atoms with Gasteiger partial charge in [-0.3, -0.25) is 9.48 Å². The molecule has 1 amide bonds. The number of aromatic nitrogens is 3. The molecule has 0 radical (unpaired) electrons. The number of rotatable bonds is 5. The van der Waals surface area contributed by atoms with Gasteiger partial charge in [0.25, 0.3) is 5.91 Å². The number of carbonyl (C=O) groups is 1. The highest BCUT2D eigenvalue weighted by molar-refractivity contribution is 5.93. The summed E-state index contributed by atoms with van der Waals surface area (Å²) in [5.41, 5.74) is 3.70. The number of furan rings is 1. The Balaban J connectivity index is 1.38. The lowest BCUT2D eigenvalue weighted by Gasteiger charge is -2.35. The summed E-state index contributed by atoms with van der Waals surface area (Å²) in [6.07, 6.45) is 5.17. The van der Waals surface area contributed by atoms with Crippen molar-refractivity contribution < 1.29 is 13.7 Å². The molecular weight excluding hydrogens is 392 g/mol. The lowest BCUT2D eigenvalue weighted by Crippen LogP contribution is -2.37. The number of hydrogen-bond donors (Lipinski definition) is 1. The van der Waals surface area contributed by atoms with Crippen molar-refractivity contribution in [1.82, 2.24) is 20.3 Å². The second kappa shape index (κ2) is 7.58. The Labute approximate surface area is 180 Å². The van der Waals surface area contributed by atoms with Crippen LogP contribution in [0.5, 0.6) is 0 Å². The zero-order valence-corrected chi connectivity index (χ0v) is 17.5. The number of hydrogen-bond acceptors (Lipinski definition) is 5. The topological polar surface area (TPSA) is 86.1 Å². The summed E-state index contributed by atoms with van der Waals surface area (Å²) in [5.74, 6) is 0.691. The van der Waals surface area contributed by atoms with Gasteiger partial charge in [0.2, 0.25) is 5.76 Å². The molecule has 0 saturated heterocycles. The van der Waals surface area contributed by atoms with E-state index in [1.807, 2.05) is 24.4 Å². The summed E-state index contributed by atoms with van der Waals surface area (Å²) < 4.78 is 12.6. The highest BCUT2D eigenvalue weighted by atomic mass is 16.5. The van der Waals surface area contributed by atoms with Gasteiger partial charge in [0, 0.05) is 17.3 Å². The zero-order valence-electron chi connectivity index (χ0n) is 17.5. The van der Waals surface area contributed by atoms with Gasteiger partial charge >= 0.3 is 0 Å². The molecule has 1 N–H and O–H groups in total. The van der Waals surface area contributed by atoms with Crippen LogP contribution in [0.25, 0.3) is 11.5 Å². The summed E-state index contributed by atoms with van der Waals surface area (Å²) in [7, 11) is 0. The quantitative estimate of drug-likeness (QED) is 0.513. The Morgan fingerprint density at radius 2 is 2.03 bits per heavy atom. The first-order valence-corrected chi connectivity index (χ1v) is 10.4. The summed E-state index contributed by atoms with van der Waals surface area (Å²) in [6.45, 7) is 5.16. The number of amides is 1. The highest BCUT2D eigenvalue weighted by Gasteiger charge is 2.36. The summed E-state index contributed by atoms with van der Waals surface area (Å²) in [4.78, 5) is 12.9. The van der Waals surface area contributed by atoms with Gasteiger partial charge < -0.3 is 14.3 Å². The van der Waals surface area contributed by atoms with Crippen molar-refractivity contribution in [2.45, 2.75) is 39.3 Å². The molecule has 0 bridgehead atoms. The minimum atomic E-state index is -0.272. The van der Waals surface area contributed by atoms with Crippen molar-refractivity contribution in [3.63, 3.8) is 0 Å². The van der Waals surface area contributed by atoms with Crippen LogP contribution in [0.3, 0.4) is 0 Å². The van der Waals surface area contributed by atoms with Crippen molar-refractivity contribution in [3.05, 3.63) is 83.5 Å². The maximum Gasteiger partial charge on any atom is 0.273 e. The summed E-state index contributed by atoms with van der Waals surface area (Å²) in [6, 6.07) is 15.3. The number of nitrogens with zero attached hydrogens (tertiary/aromatic N) is 3. The molecule has 3 heterocycles. The van der Waals surface area contributed by atoms with Crippen molar-refractivity contribution >= 4 is 5.91 Å². The fraction of sp³-hybridized carbons (Fsp3) is 0.292. The van der Waals surface area contributed by atoms with Gasteiger partial charge in [-0.1, -0.05) is 49.3 Å². The maximum absolute atomic E-state index is 12.9. The minimum Gasteiger partial charge on any atom is -0.461 e. The van der Waals surface area contributed by atoms with Gasteiger partial charge in [0.1, 0.15) is 0 Å². The number of benzene rings is 1. The second-order valence-electron chi connectivity index (χ2n) is 8.81. The van der Waals surface area contributed by atoms with Crippen LogP contribution in [0.2, 0.25) is 0 Å². The number of fused-ring (bicyclic) bond motifs is 1. The Hall–Kier alpha value is -3.61. The molecule has 1 aromatic carbocycles. The average Bonchev–Trinajstić information content (AvgIpc) is 3.49. The Morgan fingerprint density at radius 1 is 1.19 bits per heavy atom. The normalized spacial score (nSPS) is 17.3. The fourth-order valence-corrected chi connectivity index (χ4v) is 4.27. The van der Waals surface area contributed by atoms with Crippen LogP contribution in [0.4, 0.5) is 0 Å². The van der Waals surface area contributed by atoms with Gasteiger partial charge in [0.15, 0.2) is 11.5 Å². The fourth-order valence-electron chi connectivity index (χ4n) is 4.27. The smallest absolute Gasteiger partial charge is 0.273 e. The first-order valence-electron chi connectivity index (χ1n) is 10.4. The minimum absolute atomic E-state index is 0.0303. The average molecular weight is 416 g/mol. The molecule has 7 nitrogen and oxygen atoms in total. The van der Waals surface area contributed by atoms with E-state index in [1.54, 1.807) is 24.5 Å². The van der Waals surface area contributed by atoms with E-state index in [0.717, 1.165) is 18.4 Å². The van der Waals surface area contributed by atoms with E-state index >= 15 is 0 Å². The van der Waals surface area contributed by atoms with Crippen LogP contribution < -0.4 is 5.32 Å². The molecular formula is C24H24N4O3. The van der Waals surface area contributed by atoms with E-state index in [0.29, 0.717) is 18.1 Å². The Morgan fingerprint density at radius 3 is 2.81 bits per heavy atom. The van der Waals surface area contributed by atoms with Crippen LogP contribution in [0.1, 0.15) is 53.6 Å². The van der Waals surface area contributed by atoms with E-state index in [1.165, 1.54) is 11.3 Å². The van der Waals surface area contributed by atoms with Crippen LogP contribution >= 0.6 is 0 Å². The largest absolute Gasteiger partial charge is 0.461 e. The molecule has 31 heavy (non-hydrogen) atoms. The lowest BCUT2D eigenvalue weighted by molar-refractivity contribution is 0.0910. The van der Waals surface area contributed by atoms with E-state index in [-0.39, 0.29) is 23.1 Å². The molecule has 0 aliphatic heterocycles. The Bertz CT molecular complexity index is 1190. The van der Waals surface area contributed by atoms with Gasteiger partial charge in [0.05, 0.1) is 25.0 Å². The summed E-state index contributed by atoms with van der Waals surface area (Å²) in [5, 5.41) is 11.7. The molecule has 0 fully saturated rings.